The normalized spacial score (nSPS) is 43.7. The summed E-state index contributed by atoms with van der Waals surface area (Å²) in [4.78, 5) is 22.5. The first kappa shape index (κ1) is 12.9. The molecule has 0 N–H and O–H groups in total. The van der Waals surface area contributed by atoms with Gasteiger partial charge in [-0.25, -0.2) is 0 Å². The van der Waals surface area contributed by atoms with Gasteiger partial charge >= 0.3 is 11.9 Å². The third-order valence-corrected chi connectivity index (χ3v) is 4.72. The molecule has 3 rings (SSSR count). The molecule has 0 aromatic carbocycles. The number of carbonyl (C=O) groups is 2. The molecule has 0 spiro atoms. The van der Waals surface area contributed by atoms with Gasteiger partial charge in [-0.05, 0) is 38.5 Å². The van der Waals surface area contributed by atoms with E-state index in [1.165, 1.54) is 13.8 Å². The zero-order chi connectivity index (χ0) is 13.7. The van der Waals surface area contributed by atoms with Gasteiger partial charge in [0.1, 0.15) is 23.4 Å². The van der Waals surface area contributed by atoms with Gasteiger partial charge in [0.25, 0.3) is 0 Å². The Kier molecular flexibility index (Phi) is 2.85. The number of epoxide rings is 1. The van der Waals surface area contributed by atoms with Crippen LogP contribution in [0.3, 0.4) is 0 Å². The number of ether oxygens (including phenoxy) is 3. The quantitative estimate of drug-likeness (QED) is 0.563. The molecule has 0 radical (unpaired) electrons. The van der Waals surface area contributed by atoms with Crippen molar-refractivity contribution in [2.24, 2.45) is 0 Å². The van der Waals surface area contributed by atoms with Crippen molar-refractivity contribution in [1.29, 1.82) is 0 Å². The van der Waals surface area contributed by atoms with Crippen molar-refractivity contribution < 1.29 is 23.8 Å². The minimum atomic E-state index is -0.394. The third-order valence-electron chi connectivity index (χ3n) is 4.72. The predicted molar refractivity (Wildman–Crippen MR) is 65.4 cm³/mol. The molecule has 1 saturated heterocycles. The van der Waals surface area contributed by atoms with E-state index in [0.29, 0.717) is 0 Å². The van der Waals surface area contributed by atoms with Gasteiger partial charge < -0.3 is 14.2 Å². The first-order chi connectivity index (χ1) is 9.00. The van der Waals surface area contributed by atoms with E-state index in [9.17, 15) is 9.59 Å². The zero-order valence-electron chi connectivity index (χ0n) is 11.4. The summed E-state index contributed by atoms with van der Waals surface area (Å²) in [6, 6.07) is 0. The summed E-state index contributed by atoms with van der Waals surface area (Å²) >= 11 is 0. The van der Waals surface area contributed by atoms with Crippen molar-refractivity contribution in [3.8, 4) is 0 Å². The number of hydrogen-bond donors (Lipinski definition) is 0. The molecule has 19 heavy (non-hydrogen) atoms. The van der Waals surface area contributed by atoms with Crippen molar-refractivity contribution in [2.75, 3.05) is 0 Å². The molecule has 5 nitrogen and oxygen atoms in total. The highest BCUT2D eigenvalue weighted by molar-refractivity contribution is 5.67. The van der Waals surface area contributed by atoms with Crippen LogP contribution in [-0.2, 0) is 23.8 Å². The highest BCUT2D eigenvalue weighted by Gasteiger charge is 2.80. The minimum absolute atomic E-state index is 0.183. The first-order valence-electron chi connectivity index (χ1n) is 7.05. The Balaban J connectivity index is 1.83. The van der Waals surface area contributed by atoms with Gasteiger partial charge in [-0.3, -0.25) is 9.59 Å². The molecule has 0 aromatic rings. The molecule has 106 valence electrons. The lowest BCUT2D eigenvalue weighted by atomic mass is 9.68. The van der Waals surface area contributed by atoms with Gasteiger partial charge in [0.2, 0.25) is 0 Å². The maximum atomic E-state index is 11.2. The summed E-state index contributed by atoms with van der Waals surface area (Å²) in [7, 11) is 0. The van der Waals surface area contributed by atoms with Crippen LogP contribution in [0.5, 0.6) is 0 Å². The van der Waals surface area contributed by atoms with Gasteiger partial charge in [0, 0.05) is 13.8 Å². The summed E-state index contributed by atoms with van der Waals surface area (Å²) in [5.41, 5.74) is -0.787. The molecule has 0 aromatic heterocycles. The standard InChI is InChI=1S/C14H20O5/c1-9(15)17-11-5-3-8-14-12(18-10(2)16)6-4-7-13(11,14)19-14/h11-12H,3-8H2,1-2H3/t11-,12-,13+,14+/m0/s1. The Hall–Kier alpha value is -1.10. The Bertz CT molecular complexity index is 382. The van der Waals surface area contributed by atoms with Crippen LogP contribution in [0.25, 0.3) is 0 Å². The number of rotatable bonds is 2. The summed E-state index contributed by atoms with van der Waals surface area (Å²) in [6.45, 7) is 2.86. The Labute approximate surface area is 112 Å². The Morgan fingerprint density at radius 2 is 1.37 bits per heavy atom. The monoisotopic (exact) mass is 268 g/mol. The van der Waals surface area contributed by atoms with Gasteiger partial charge in [-0.1, -0.05) is 0 Å². The maximum absolute atomic E-state index is 11.2. The molecule has 3 fully saturated rings. The van der Waals surface area contributed by atoms with Gasteiger partial charge in [0.05, 0.1) is 0 Å². The fourth-order valence-electron chi connectivity index (χ4n) is 4.10. The molecule has 1 heterocycles. The number of carbonyl (C=O) groups excluding carboxylic acids is 2. The number of esters is 2. The molecule has 0 amide bonds. The molecule has 1 aliphatic heterocycles. The number of hydrogen-bond acceptors (Lipinski definition) is 5. The maximum Gasteiger partial charge on any atom is 0.303 e. The van der Waals surface area contributed by atoms with E-state index in [0.717, 1.165) is 38.5 Å². The van der Waals surface area contributed by atoms with Crippen molar-refractivity contribution in [1.82, 2.24) is 0 Å². The SMILES string of the molecule is CC(=O)O[C@H]1CCC[C@]23O[C@]12CCC[C@@H]3OC(C)=O. The second-order valence-corrected chi connectivity index (χ2v) is 5.86. The fourth-order valence-corrected chi connectivity index (χ4v) is 4.10. The van der Waals surface area contributed by atoms with E-state index in [1.807, 2.05) is 0 Å². The lowest BCUT2D eigenvalue weighted by Gasteiger charge is -2.38. The van der Waals surface area contributed by atoms with E-state index in [-0.39, 0.29) is 24.1 Å². The second-order valence-electron chi connectivity index (χ2n) is 5.86. The molecule has 0 unspecified atom stereocenters. The van der Waals surface area contributed by atoms with Crippen molar-refractivity contribution in [3.63, 3.8) is 0 Å². The van der Waals surface area contributed by atoms with Crippen LogP contribution in [0, 0.1) is 0 Å². The lowest BCUT2D eigenvalue weighted by molar-refractivity contribution is -0.157. The zero-order valence-corrected chi connectivity index (χ0v) is 11.4. The highest BCUT2D eigenvalue weighted by Crippen LogP contribution is 2.66. The van der Waals surface area contributed by atoms with Crippen LogP contribution < -0.4 is 0 Å². The van der Waals surface area contributed by atoms with E-state index >= 15 is 0 Å². The van der Waals surface area contributed by atoms with Crippen LogP contribution in [0.15, 0.2) is 0 Å². The van der Waals surface area contributed by atoms with E-state index < -0.39 is 11.2 Å². The van der Waals surface area contributed by atoms with Gasteiger partial charge in [-0.2, -0.15) is 0 Å². The average Bonchev–Trinajstić information content (AvgIpc) is 3.00. The molecule has 4 atom stereocenters. The van der Waals surface area contributed by atoms with E-state index in [1.54, 1.807) is 0 Å². The second kappa shape index (κ2) is 4.20. The average molecular weight is 268 g/mol. The summed E-state index contributed by atoms with van der Waals surface area (Å²) in [5, 5.41) is 0. The van der Waals surface area contributed by atoms with E-state index in [2.05, 4.69) is 0 Å². The van der Waals surface area contributed by atoms with Gasteiger partial charge in [0.15, 0.2) is 0 Å². The fraction of sp³-hybridized carbons (Fsp3) is 0.857. The first-order valence-corrected chi connectivity index (χ1v) is 7.05. The molecule has 0 bridgehead atoms. The molecular formula is C14H20O5. The highest BCUT2D eigenvalue weighted by atomic mass is 16.7. The van der Waals surface area contributed by atoms with Crippen LogP contribution in [0.1, 0.15) is 52.4 Å². The van der Waals surface area contributed by atoms with Crippen LogP contribution in [0.2, 0.25) is 0 Å². The summed E-state index contributed by atoms with van der Waals surface area (Å²) < 4.78 is 17.0. The third kappa shape index (κ3) is 1.78. The predicted octanol–water partition coefficient (Wildman–Crippen LogP) is 1.73. The molecular weight excluding hydrogens is 248 g/mol. The largest absolute Gasteiger partial charge is 0.459 e. The Morgan fingerprint density at radius 3 is 1.74 bits per heavy atom. The van der Waals surface area contributed by atoms with Crippen molar-refractivity contribution in [2.45, 2.75) is 75.8 Å². The summed E-state index contributed by atoms with van der Waals surface area (Å²) in [6.07, 6.45) is 4.98. The minimum Gasteiger partial charge on any atom is -0.459 e. The van der Waals surface area contributed by atoms with Crippen LogP contribution >= 0.6 is 0 Å². The molecule has 2 saturated carbocycles. The van der Waals surface area contributed by atoms with Crippen LogP contribution in [0.4, 0.5) is 0 Å². The van der Waals surface area contributed by atoms with Crippen molar-refractivity contribution in [3.05, 3.63) is 0 Å². The van der Waals surface area contributed by atoms with Crippen molar-refractivity contribution >= 4 is 11.9 Å². The molecule has 2 aliphatic carbocycles. The Morgan fingerprint density at radius 1 is 0.947 bits per heavy atom. The smallest absolute Gasteiger partial charge is 0.303 e. The molecule has 3 aliphatic rings. The summed E-state index contributed by atoms with van der Waals surface area (Å²) in [5.74, 6) is -0.527. The van der Waals surface area contributed by atoms with Gasteiger partial charge in [-0.15, -0.1) is 0 Å². The topological polar surface area (TPSA) is 65.1 Å². The molecule has 5 heteroatoms. The lowest BCUT2D eigenvalue weighted by Crippen LogP contribution is -2.52. The van der Waals surface area contributed by atoms with Crippen LogP contribution in [-0.4, -0.2) is 35.3 Å². The van der Waals surface area contributed by atoms with E-state index in [4.69, 9.17) is 14.2 Å².